The minimum absolute atomic E-state index is 0.0328. The van der Waals surface area contributed by atoms with Crippen LogP contribution >= 0.6 is 15.9 Å². The van der Waals surface area contributed by atoms with Gasteiger partial charge in [0, 0.05) is 0 Å². The number of hydrogen-bond acceptors (Lipinski definition) is 3. The van der Waals surface area contributed by atoms with Crippen LogP contribution in [-0.2, 0) is 4.74 Å². The lowest BCUT2D eigenvalue weighted by Gasteiger charge is -2.10. The van der Waals surface area contributed by atoms with Gasteiger partial charge in [-0.15, -0.1) is 0 Å². The molecule has 0 heterocycles. The molecule has 0 fully saturated rings. The molecule has 0 aromatic heterocycles. The molecule has 4 nitrogen and oxygen atoms in total. The average Bonchev–Trinajstić information content (AvgIpc) is 2.24. The van der Waals surface area contributed by atoms with Crippen molar-refractivity contribution < 1.29 is 32.5 Å². The Bertz CT molecular complexity index is 434. The first kappa shape index (κ1) is 14.8. The van der Waals surface area contributed by atoms with Gasteiger partial charge in [0.1, 0.15) is 12.4 Å². The lowest BCUT2D eigenvalue weighted by Crippen LogP contribution is -2.19. The van der Waals surface area contributed by atoms with E-state index in [1.54, 1.807) is 0 Å². The zero-order chi connectivity index (χ0) is 13.8. The van der Waals surface area contributed by atoms with Gasteiger partial charge in [-0.1, -0.05) is 0 Å². The minimum Gasteiger partial charge on any atom is -0.478 e. The van der Waals surface area contributed by atoms with Crippen molar-refractivity contribution in [3.8, 4) is 5.75 Å². The number of carboxylic acids is 1. The molecule has 0 unspecified atom stereocenters. The largest absolute Gasteiger partial charge is 0.478 e. The summed E-state index contributed by atoms with van der Waals surface area (Å²) in [5, 5.41) is 8.69. The standard InChI is InChI=1S/C10H8BrF3O4/c11-7-3-6(9(15)16)1-2-8(7)18-5-17-4-10(12,13)14/h1-3H,4-5H2,(H,15,16). The second-order valence-electron chi connectivity index (χ2n) is 3.18. The van der Waals surface area contributed by atoms with Crippen molar-refractivity contribution in [3.05, 3.63) is 28.2 Å². The van der Waals surface area contributed by atoms with E-state index < -0.39 is 25.5 Å². The normalized spacial score (nSPS) is 11.3. The lowest BCUT2D eigenvalue weighted by atomic mass is 10.2. The third-order valence-electron chi connectivity index (χ3n) is 1.74. The first-order valence-corrected chi connectivity index (χ1v) is 5.39. The summed E-state index contributed by atoms with van der Waals surface area (Å²) in [6.45, 7) is -1.98. The molecule has 1 aromatic carbocycles. The summed E-state index contributed by atoms with van der Waals surface area (Å²) in [4.78, 5) is 10.6. The van der Waals surface area contributed by atoms with Crippen molar-refractivity contribution in [2.45, 2.75) is 6.18 Å². The van der Waals surface area contributed by atoms with Crippen molar-refractivity contribution in [2.24, 2.45) is 0 Å². The Morgan fingerprint density at radius 3 is 2.56 bits per heavy atom. The number of alkyl halides is 3. The van der Waals surface area contributed by atoms with Crippen LogP contribution in [-0.4, -0.2) is 30.7 Å². The predicted molar refractivity (Wildman–Crippen MR) is 58.6 cm³/mol. The maximum absolute atomic E-state index is 11.7. The van der Waals surface area contributed by atoms with E-state index >= 15 is 0 Å². The fourth-order valence-electron chi connectivity index (χ4n) is 1.01. The van der Waals surface area contributed by atoms with E-state index in [9.17, 15) is 18.0 Å². The predicted octanol–water partition coefficient (Wildman–Crippen LogP) is 3.06. The van der Waals surface area contributed by atoms with Crippen LogP contribution in [0.2, 0.25) is 0 Å². The van der Waals surface area contributed by atoms with Crippen LogP contribution in [0.4, 0.5) is 13.2 Å². The van der Waals surface area contributed by atoms with Gasteiger partial charge in [-0.3, -0.25) is 0 Å². The number of aromatic carboxylic acids is 1. The van der Waals surface area contributed by atoms with Gasteiger partial charge >= 0.3 is 12.1 Å². The quantitative estimate of drug-likeness (QED) is 0.666. The Kier molecular flexibility index (Phi) is 4.97. The van der Waals surface area contributed by atoms with E-state index in [1.807, 2.05) is 0 Å². The molecule has 18 heavy (non-hydrogen) atoms. The Hall–Kier alpha value is -1.28. The van der Waals surface area contributed by atoms with Crippen LogP contribution in [0.5, 0.6) is 5.75 Å². The fourth-order valence-corrected chi connectivity index (χ4v) is 1.51. The van der Waals surface area contributed by atoms with Gasteiger partial charge in [-0.2, -0.15) is 13.2 Å². The molecule has 1 aromatic rings. The van der Waals surface area contributed by atoms with Crippen molar-refractivity contribution in [1.82, 2.24) is 0 Å². The maximum Gasteiger partial charge on any atom is 0.411 e. The highest BCUT2D eigenvalue weighted by molar-refractivity contribution is 9.10. The van der Waals surface area contributed by atoms with Gasteiger partial charge in [0.2, 0.25) is 0 Å². The molecule has 0 amide bonds. The summed E-state index contributed by atoms with van der Waals surface area (Å²) in [5.41, 5.74) is 0.0328. The highest BCUT2D eigenvalue weighted by Gasteiger charge is 2.27. The Morgan fingerprint density at radius 2 is 2.06 bits per heavy atom. The highest BCUT2D eigenvalue weighted by Crippen LogP contribution is 2.26. The van der Waals surface area contributed by atoms with Crippen molar-refractivity contribution in [1.29, 1.82) is 0 Å². The molecular formula is C10H8BrF3O4. The zero-order valence-corrected chi connectivity index (χ0v) is 10.4. The number of carboxylic acid groups (broad SMARTS) is 1. The summed E-state index contributed by atoms with van der Waals surface area (Å²) >= 11 is 3.04. The van der Waals surface area contributed by atoms with Crippen LogP contribution < -0.4 is 4.74 Å². The fraction of sp³-hybridized carbons (Fsp3) is 0.300. The highest BCUT2D eigenvalue weighted by atomic mass is 79.9. The average molecular weight is 329 g/mol. The van der Waals surface area contributed by atoms with E-state index in [1.165, 1.54) is 18.2 Å². The van der Waals surface area contributed by atoms with Gasteiger partial charge in [0.15, 0.2) is 6.79 Å². The number of halogens is 4. The smallest absolute Gasteiger partial charge is 0.411 e. The van der Waals surface area contributed by atoms with Crippen LogP contribution in [0.25, 0.3) is 0 Å². The molecule has 1 N–H and O–H groups in total. The molecule has 0 bridgehead atoms. The topological polar surface area (TPSA) is 55.8 Å². The second kappa shape index (κ2) is 6.05. The second-order valence-corrected chi connectivity index (χ2v) is 4.03. The summed E-state index contributed by atoms with van der Waals surface area (Å²) < 4.78 is 44.7. The van der Waals surface area contributed by atoms with Gasteiger partial charge < -0.3 is 14.6 Å². The maximum atomic E-state index is 11.7. The summed E-state index contributed by atoms with van der Waals surface area (Å²) in [6.07, 6.45) is -4.41. The zero-order valence-electron chi connectivity index (χ0n) is 8.83. The van der Waals surface area contributed by atoms with Crippen molar-refractivity contribution in [2.75, 3.05) is 13.4 Å². The monoisotopic (exact) mass is 328 g/mol. The molecule has 100 valence electrons. The third kappa shape index (κ3) is 4.92. The number of rotatable bonds is 5. The Balaban J connectivity index is 2.51. The van der Waals surface area contributed by atoms with Crippen LogP contribution in [0.15, 0.2) is 22.7 Å². The van der Waals surface area contributed by atoms with E-state index in [0.29, 0.717) is 4.47 Å². The minimum atomic E-state index is -4.41. The lowest BCUT2D eigenvalue weighted by molar-refractivity contribution is -0.186. The van der Waals surface area contributed by atoms with Crippen molar-refractivity contribution >= 4 is 21.9 Å². The number of hydrogen-bond donors (Lipinski definition) is 1. The Labute approximate surface area is 108 Å². The molecular weight excluding hydrogens is 321 g/mol. The SMILES string of the molecule is O=C(O)c1ccc(OCOCC(F)(F)F)c(Br)c1. The Morgan fingerprint density at radius 1 is 1.39 bits per heavy atom. The molecule has 0 atom stereocenters. The molecule has 0 radical (unpaired) electrons. The van der Waals surface area contributed by atoms with Gasteiger partial charge in [-0.05, 0) is 34.1 Å². The summed E-state index contributed by atoms with van der Waals surface area (Å²) in [6, 6.07) is 3.87. The summed E-state index contributed by atoms with van der Waals surface area (Å²) in [7, 11) is 0. The van der Waals surface area contributed by atoms with E-state index in [2.05, 4.69) is 20.7 Å². The third-order valence-corrected chi connectivity index (χ3v) is 2.36. The molecule has 0 saturated heterocycles. The first-order valence-electron chi connectivity index (χ1n) is 4.60. The number of carbonyl (C=O) groups is 1. The number of ether oxygens (including phenoxy) is 2. The molecule has 1 rings (SSSR count). The molecule has 0 aliphatic rings. The van der Waals surface area contributed by atoms with E-state index in [0.717, 1.165) is 0 Å². The van der Waals surface area contributed by atoms with Crippen LogP contribution in [0.3, 0.4) is 0 Å². The van der Waals surface area contributed by atoms with Gasteiger partial charge in [-0.25, -0.2) is 4.79 Å². The summed E-state index contributed by atoms with van der Waals surface area (Å²) in [5.74, 6) is -0.919. The van der Waals surface area contributed by atoms with Gasteiger partial charge in [0.05, 0.1) is 10.0 Å². The first-order chi connectivity index (χ1) is 8.29. The molecule has 0 saturated carbocycles. The van der Waals surface area contributed by atoms with E-state index in [-0.39, 0.29) is 11.3 Å². The van der Waals surface area contributed by atoms with E-state index in [4.69, 9.17) is 9.84 Å². The van der Waals surface area contributed by atoms with Crippen LogP contribution in [0, 0.1) is 0 Å². The number of benzene rings is 1. The van der Waals surface area contributed by atoms with Crippen LogP contribution in [0.1, 0.15) is 10.4 Å². The molecule has 0 aliphatic heterocycles. The molecule has 0 spiro atoms. The molecule has 8 heteroatoms. The molecule has 0 aliphatic carbocycles. The van der Waals surface area contributed by atoms with Crippen molar-refractivity contribution in [3.63, 3.8) is 0 Å². The van der Waals surface area contributed by atoms with Gasteiger partial charge in [0.25, 0.3) is 0 Å².